The van der Waals surface area contributed by atoms with Gasteiger partial charge in [0.25, 0.3) is 0 Å². The van der Waals surface area contributed by atoms with Crippen LogP contribution in [0.3, 0.4) is 0 Å². The van der Waals surface area contributed by atoms with Crippen LogP contribution in [0.2, 0.25) is 0 Å². The lowest BCUT2D eigenvalue weighted by Crippen LogP contribution is -2.30. The predicted molar refractivity (Wildman–Crippen MR) is 93.5 cm³/mol. The van der Waals surface area contributed by atoms with Gasteiger partial charge in [0.2, 0.25) is 0 Å². The summed E-state index contributed by atoms with van der Waals surface area (Å²) in [7, 11) is 0. The Morgan fingerprint density at radius 2 is 1.76 bits per heavy atom. The van der Waals surface area contributed by atoms with Crippen LogP contribution in [-0.2, 0) is 0 Å². The number of fused-ring (bicyclic) bond motifs is 3. The number of aromatic amines is 1. The van der Waals surface area contributed by atoms with Crippen LogP contribution >= 0.6 is 0 Å². The molecule has 2 aromatic heterocycles. The molecular weight excluding hydrogens is 320 g/mol. The molecule has 2 N–H and O–H groups in total. The number of amides is 1. The quantitative estimate of drug-likeness (QED) is 0.444. The highest BCUT2D eigenvalue weighted by molar-refractivity contribution is 6.13. The second kappa shape index (κ2) is 5.72. The van der Waals surface area contributed by atoms with Gasteiger partial charge in [-0.3, -0.25) is 4.79 Å². The summed E-state index contributed by atoms with van der Waals surface area (Å²) in [6.45, 7) is 0. The number of pyridine rings is 1. The molecule has 0 radical (unpaired) electrons. The number of carbonyl (C=O) groups is 1. The van der Waals surface area contributed by atoms with Crippen molar-refractivity contribution in [2.75, 3.05) is 0 Å². The van der Waals surface area contributed by atoms with Crippen molar-refractivity contribution in [3.63, 3.8) is 0 Å². The van der Waals surface area contributed by atoms with Gasteiger partial charge in [-0.15, -0.1) is 0 Å². The minimum atomic E-state index is -0.883. The van der Waals surface area contributed by atoms with Crippen molar-refractivity contribution in [2.45, 2.75) is 0 Å². The lowest BCUT2D eigenvalue weighted by atomic mass is 10.1. The first-order valence-corrected chi connectivity index (χ1v) is 7.56. The third-order valence-corrected chi connectivity index (χ3v) is 3.97. The molecule has 0 fully saturated rings. The molecule has 0 saturated carbocycles. The summed E-state index contributed by atoms with van der Waals surface area (Å²) in [6.07, 6.45) is 0. The van der Waals surface area contributed by atoms with Crippen LogP contribution in [0.5, 0.6) is 0 Å². The van der Waals surface area contributed by atoms with E-state index in [1.54, 1.807) is 11.5 Å². The minimum Gasteiger partial charge on any atom is -0.353 e. The maximum absolute atomic E-state index is 12.1. The largest absolute Gasteiger partial charge is 0.353 e. The van der Waals surface area contributed by atoms with Gasteiger partial charge in [0.15, 0.2) is 5.03 Å². The Kier molecular flexibility index (Phi) is 3.39. The fourth-order valence-corrected chi connectivity index (χ4v) is 2.91. The number of nitrogens with zero attached hydrogens (tertiary/aromatic N) is 2. The maximum atomic E-state index is 12.1. The Labute approximate surface area is 141 Å². The van der Waals surface area contributed by atoms with Crippen LogP contribution in [0.15, 0.2) is 60.7 Å². The van der Waals surface area contributed by atoms with E-state index in [-0.39, 0.29) is 5.69 Å². The first-order chi connectivity index (χ1) is 12.1. The lowest BCUT2D eigenvalue weighted by Gasteiger charge is -2.06. The third kappa shape index (κ3) is 2.57. The van der Waals surface area contributed by atoms with Crippen LogP contribution in [0.25, 0.3) is 33.1 Å². The molecular formula is C18H12N4O3. The number of H-pyrrole nitrogens is 1. The van der Waals surface area contributed by atoms with E-state index in [0.717, 1.165) is 27.4 Å². The van der Waals surface area contributed by atoms with Crippen LogP contribution in [0.4, 0.5) is 0 Å². The predicted octanol–water partition coefficient (Wildman–Crippen LogP) is 3.30. The molecule has 25 heavy (non-hydrogen) atoms. The zero-order valence-corrected chi connectivity index (χ0v) is 12.9. The van der Waals surface area contributed by atoms with E-state index >= 15 is 0 Å². The molecule has 122 valence electrons. The highest BCUT2D eigenvalue weighted by Crippen LogP contribution is 2.32. The molecule has 0 aliphatic heterocycles. The van der Waals surface area contributed by atoms with Crippen LogP contribution in [-0.4, -0.2) is 20.9 Å². The standard InChI is InChI=1S/C18H12N4O3/c23-18(21-22(24)25)15-10-13-12-8-4-5-9-14(12)19-17(13)16(20-15)11-6-2-1-3-7-11/h1-10,19H,(H,21,23). The zero-order valence-electron chi connectivity index (χ0n) is 12.9. The van der Waals surface area contributed by atoms with Crippen molar-refractivity contribution in [3.8, 4) is 11.3 Å². The summed E-state index contributed by atoms with van der Waals surface area (Å²) in [5, 5.41) is 11.4. The highest BCUT2D eigenvalue weighted by Gasteiger charge is 2.19. The molecule has 0 aliphatic rings. The Morgan fingerprint density at radius 1 is 1.04 bits per heavy atom. The third-order valence-electron chi connectivity index (χ3n) is 3.97. The summed E-state index contributed by atoms with van der Waals surface area (Å²) >= 11 is 0. The Bertz CT molecular complexity index is 1120. The summed E-state index contributed by atoms with van der Waals surface area (Å²) in [5.74, 6) is -0.852. The summed E-state index contributed by atoms with van der Waals surface area (Å²) in [6, 6.07) is 18.6. The number of aromatic nitrogens is 2. The summed E-state index contributed by atoms with van der Waals surface area (Å²) < 4.78 is 0. The average Bonchev–Trinajstić information content (AvgIpc) is 3.00. The van der Waals surface area contributed by atoms with Gasteiger partial charge >= 0.3 is 5.91 Å². The Balaban J connectivity index is 2.04. The van der Waals surface area contributed by atoms with E-state index in [9.17, 15) is 14.9 Å². The molecule has 0 bridgehead atoms. The van der Waals surface area contributed by atoms with Crippen molar-refractivity contribution < 1.29 is 9.83 Å². The van der Waals surface area contributed by atoms with Gasteiger partial charge in [0.05, 0.1) is 11.2 Å². The van der Waals surface area contributed by atoms with Crippen LogP contribution in [0, 0.1) is 10.1 Å². The first-order valence-electron chi connectivity index (χ1n) is 7.56. The fourth-order valence-electron chi connectivity index (χ4n) is 2.91. The van der Waals surface area contributed by atoms with Gasteiger partial charge in [-0.1, -0.05) is 54.0 Å². The number of hydrogen-bond donors (Lipinski definition) is 2. The van der Waals surface area contributed by atoms with E-state index < -0.39 is 10.9 Å². The molecule has 0 spiro atoms. The summed E-state index contributed by atoms with van der Waals surface area (Å²) in [5.41, 5.74) is 4.72. The van der Waals surface area contributed by atoms with E-state index in [4.69, 9.17) is 0 Å². The van der Waals surface area contributed by atoms with E-state index in [0.29, 0.717) is 5.69 Å². The van der Waals surface area contributed by atoms with Gasteiger partial charge < -0.3 is 4.98 Å². The average molecular weight is 332 g/mol. The minimum absolute atomic E-state index is 0.00666. The van der Waals surface area contributed by atoms with Crippen molar-refractivity contribution in [2.24, 2.45) is 0 Å². The highest BCUT2D eigenvalue weighted by atomic mass is 16.7. The van der Waals surface area contributed by atoms with E-state index in [1.165, 1.54) is 0 Å². The molecule has 0 atom stereocenters. The number of rotatable bonds is 3. The van der Waals surface area contributed by atoms with Gasteiger partial charge in [-0.2, -0.15) is 0 Å². The molecule has 0 aliphatic carbocycles. The van der Waals surface area contributed by atoms with Gasteiger partial charge in [-0.05, 0) is 12.1 Å². The van der Waals surface area contributed by atoms with Gasteiger partial charge in [0.1, 0.15) is 5.69 Å². The molecule has 4 rings (SSSR count). The first kappa shape index (κ1) is 14.8. The van der Waals surface area contributed by atoms with Crippen molar-refractivity contribution >= 4 is 27.7 Å². The van der Waals surface area contributed by atoms with Crippen molar-refractivity contribution in [3.05, 3.63) is 76.5 Å². The number of benzene rings is 2. The molecule has 0 unspecified atom stereocenters. The smallest absolute Gasteiger partial charge is 0.329 e. The number of hydrazine groups is 1. The molecule has 0 saturated heterocycles. The normalized spacial score (nSPS) is 10.9. The Hall–Kier alpha value is -3.74. The molecule has 7 nitrogen and oxygen atoms in total. The molecule has 2 heterocycles. The second-order valence-electron chi connectivity index (χ2n) is 5.51. The van der Waals surface area contributed by atoms with E-state index in [2.05, 4.69) is 9.97 Å². The molecule has 7 heteroatoms. The van der Waals surface area contributed by atoms with E-state index in [1.807, 2.05) is 54.6 Å². The molecule has 4 aromatic rings. The number of para-hydroxylation sites is 1. The monoisotopic (exact) mass is 332 g/mol. The lowest BCUT2D eigenvalue weighted by molar-refractivity contribution is -0.527. The van der Waals surface area contributed by atoms with Crippen molar-refractivity contribution in [1.82, 2.24) is 15.4 Å². The van der Waals surface area contributed by atoms with Crippen molar-refractivity contribution in [1.29, 1.82) is 0 Å². The van der Waals surface area contributed by atoms with Gasteiger partial charge in [0, 0.05) is 21.9 Å². The molecule has 2 aromatic carbocycles. The van der Waals surface area contributed by atoms with Crippen LogP contribution in [0.1, 0.15) is 10.5 Å². The number of nitro groups is 1. The van der Waals surface area contributed by atoms with Gasteiger partial charge in [-0.25, -0.2) is 15.1 Å². The second-order valence-corrected chi connectivity index (χ2v) is 5.51. The fraction of sp³-hybridized carbons (Fsp3) is 0. The number of nitrogens with one attached hydrogen (secondary N) is 2. The number of carbonyl (C=O) groups excluding carboxylic acids is 1. The molecule has 1 amide bonds. The maximum Gasteiger partial charge on any atom is 0.329 e. The summed E-state index contributed by atoms with van der Waals surface area (Å²) in [4.78, 5) is 30.4. The zero-order chi connectivity index (χ0) is 17.4. The Morgan fingerprint density at radius 3 is 2.52 bits per heavy atom. The number of hydrogen-bond acceptors (Lipinski definition) is 4. The SMILES string of the molecule is O=C(N[N+](=O)[O-])c1cc2c([nH]c3ccccc32)c(-c2ccccc2)n1. The topological polar surface area (TPSA) is 101 Å². The van der Waals surface area contributed by atoms with Crippen LogP contribution < -0.4 is 5.43 Å².